The predicted molar refractivity (Wildman–Crippen MR) is 29.6 cm³/mol. The van der Waals surface area contributed by atoms with E-state index in [9.17, 15) is 0 Å². The molecule has 0 atom stereocenters. The third kappa shape index (κ3) is 12.2. The zero-order valence-corrected chi connectivity index (χ0v) is 4.10. The van der Waals surface area contributed by atoms with Gasteiger partial charge in [0, 0.05) is 28.6 Å². The van der Waals surface area contributed by atoms with Crippen LogP contribution >= 0.6 is 0 Å². The van der Waals surface area contributed by atoms with Crippen molar-refractivity contribution in [2.75, 3.05) is 0 Å². The molecule has 0 fully saturated rings. The molecular weight excluding hydrogens is 141 g/mol. The van der Waals surface area contributed by atoms with Gasteiger partial charge in [-0.3, -0.25) is 0 Å². The maximum absolute atomic E-state index is 0. The quantitative estimate of drug-likeness (QED) is 0.364. The van der Waals surface area contributed by atoms with Gasteiger partial charge in [-0.25, -0.2) is 0 Å². The second-order valence-corrected chi connectivity index (χ2v) is 0. The minimum atomic E-state index is 0. The van der Waals surface area contributed by atoms with Crippen LogP contribution in [-0.2, 0) is 0 Å². The Hall–Kier alpha value is 0.977. The Bertz CT molecular complexity index is 6.00. The van der Waals surface area contributed by atoms with E-state index in [4.69, 9.17) is 0 Å². The minimum Gasteiger partial charge on any atom is -0.0776 e. The largest absolute Gasteiger partial charge is 0.0776 e. The first kappa shape index (κ1) is 82.5. The van der Waals surface area contributed by atoms with Crippen molar-refractivity contribution in [3.63, 3.8) is 0 Å². The SMILES string of the molecule is C.[Ge].[SiH4].[Si]. The standard InChI is InChI=1S/CH4.Ge.H4Si.Si/h1H4;;1H4;. The van der Waals surface area contributed by atoms with Gasteiger partial charge in [0.2, 0.25) is 0 Å². The maximum Gasteiger partial charge on any atom is 0 e. The molecule has 4 heavy (non-hydrogen) atoms. The summed E-state index contributed by atoms with van der Waals surface area (Å²) in [6.45, 7) is 0. The zero-order chi connectivity index (χ0) is 0. The Balaban J connectivity index is 0. The summed E-state index contributed by atoms with van der Waals surface area (Å²) in [5.74, 6) is 0. The second kappa shape index (κ2) is 36.9. The van der Waals surface area contributed by atoms with Gasteiger partial charge in [-0.05, 0) is 11.0 Å². The third-order valence-corrected chi connectivity index (χ3v) is 0. The first-order valence-corrected chi connectivity index (χ1v) is 0. The molecule has 0 amide bonds. The topological polar surface area (TPSA) is 0 Å². The summed E-state index contributed by atoms with van der Waals surface area (Å²) in [6, 6.07) is 0. The Morgan fingerprint density at radius 1 is 1.00 bits per heavy atom. The first-order valence-electron chi connectivity index (χ1n) is 0. The molecular formula is CH8GeSi2. The molecule has 0 saturated heterocycles. The predicted octanol–water partition coefficient (Wildman–Crippen LogP) is -1.58. The molecule has 24 valence electrons. The molecule has 8 radical (unpaired) electrons. The van der Waals surface area contributed by atoms with Crippen LogP contribution in [0.5, 0.6) is 0 Å². The molecule has 0 aromatic carbocycles. The van der Waals surface area contributed by atoms with Gasteiger partial charge in [-0.15, -0.1) is 0 Å². The first-order chi connectivity index (χ1) is 0. The van der Waals surface area contributed by atoms with Crippen molar-refractivity contribution in [1.82, 2.24) is 0 Å². The fourth-order valence-corrected chi connectivity index (χ4v) is 0. The van der Waals surface area contributed by atoms with Crippen LogP contribution in [0.15, 0.2) is 0 Å². The van der Waals surface area contributed by atoms with Crippen molar-refractivity contribution in [3.05, 3.63) is 0 Å². The maximum atomic E-state index is 0. The molecule has 0 N–H and O–H groups in total. The number of rotatable bonds is 0. The summed E-state index contributed by atoms with van der Waals surface area (Å²) in [5, 5.41) is 0. The Kier molecular flexibility index (Phi) is 762. The second-order valence-electron chi connectivity index (χ2n) is 0. The van der Waals surface area contributed by atoms with E-state index in [0.717, 1.165) is 0 Å². The van der Waals surface area contributed by atoms with Gasteiger partial charge in [-0.2, -0.15) is 0 Å². The van der Waals surface area contributed by atoms with E-state index in [0.29, 0.717) is 0 Å². The molecule has 0 aromatic rings. The summed E-state index contributed by atoms with van der Waals surface area (Å²) in [7, 11) is 0. The van der Waals surface area contributed by atoms with E-state index in [-0.39, 0.29) is 47.0 Å². The van der Waals surface area contributed by atoms with Gasteiger partial charge in [0.25, 0.3) is 0 Å². The fraction of sp³-hybridized carbons (Fsp3) is 1.00. The molecule has 3 heteroatoms. The van der Waals surface area contributed by atoms with Crippen molar-refractivity contribution in [2.24, 2.45) is 0 Å². The van der Waals surface area contributed by atoms with Crippen LogP contribution in [0.2, 0.25) is 0 Å². The van der Waals surface area contributed by atoms with E-state index in [1.165, 1.54) is 0 Å². The van der Waals surface area contributed by atoms with Crippen molar-refractivity contribution < 1.29 is 0 Å². The van der Waals surface area contributed by atoms with Crippen molar-refractivity contribution in [2.45, 2.75) is 7.43 Å². The van der Waals surface area contributed by atoms with E-state index < -0.39 is 0 Å². The van der Waals surface area contributed by atoms with E-state index >= 15 is 0 Å². The molecule has 0 spiro atoms. The van der Waals surface area contributed by atoms with Crippen molar-refractivity contribution in [3.8, 4) is 0 Å². The molecule has 0 aliphatic heterocycles. The van der Waals surface area contributed by atoms with Crippen LogP contribution in [0.4, 0.5) is 0 Å². The molecule has 0 aromatic heterocycles. The van der Waals surface area contributed by atoms with Crippen LogP contribution in [0, 0.1) is 0 Å². The number of hydrogen-bond acceptors (Lipinski definition) is 0. The monoisotopic (exact) mass is 150 g/mol. The van der Waals surface area contributed by atoms with E-state index in [2.05, 4.69) is 0 Å². The molecule has 0 aliphatic rings. The third-order valence-electron chi connectivity index (χ3n) is 0. The fourth-order valence-electron chi connectivity index (χ4n) is 0. The van der Waals surface area contributed by atoms with E-state index in [1.54, 1.807) is 0 Å². The van der Waals surface area contributed by atoms with Gasteiger partial charge in [0.05, 0.1) is 0 Å². The smallest absolute Gasteiger partial charge is 0 e. The zero-order valence-electron chi connectivity index (χ0n) is 1.00. The number of hydrogen-bond donors (Lipinski definition) is 0. The summed E-state index contributed by atoms with van der Waals surface area (Å²) >= 11 is 0. The van der Waals surface area contributed by atoms with Gasteiger partial charge in [-0.1, -0.05) is 7.43 Å². The van der Waals surface area contributed by atoms with Crippen molar-refractivity contribution in [1.29, 1.82) is 0 Å². The average molecular weight is 149 g/mol. The Labute approximate surface area is 47.4 Å². The summed E-state index contributed by atoms with van der Waals surface area (Å²) in [4.78, 5) is 0. The van der Waals surface area contributed by atoms with Gasteiger partial charge in [0.15, 0.2) is 0 Å². The van der Waals surface area contributed by atoms with Gasteiger partial charge >= 0.3 is 0 Å². The Morgan fingerprint density at radius 3 is 1.00 bits per heavy atom. The molecule has 0 nitrogen and oxygen atoms in total. The molecule has 0 saturated carbocycles. The normalized spacial score (nSPS) is 0. The van der Waals surface area contributed by atoms with Crippen LogP contribution in [0.3, 0.4) is 0 Å². The van der Waals surface area contributed by atoms with Crippen molar-refractivity contribution >= 4 is 39.5 Å². The minimum absolute atomic E-state index is 0. The van der Waals surface area contributed by atoms with E-state index in [1.807, 2.05) is 0 Å². The summed E-state index contributed by atoms with van der Waals surface area (Å²) in [6.07, 6.45) is 0. The van der Waals surface area contributed by atoms with Crippen LogP contribution in [-0.4, -0.2) is 39.5 Å². The van der Waals surface area contributed by atoms with Gasteiger partial charge < -0.3 is 0 Å². The summed E-state index contributed by atoms with van der Waals surface area (Å²) < 4.78 is 0. The molecule has 0 unspecified atom stereocenters. The van der Waals surface area contributed by atoms with Crippen LogP contribution in [0.25, 0.3) is 0 Å². The van der Waals surface area contributed by atoms with Crippen LogP contribution < -0.4 is 0 Å². The van der Waals surface area contributed by atoms with Crippen LogP contribution in [0.1, 0.15) is 7.43 Å². The molecule has 0 rings (SSSR count). The molecule has 0 heterocycles. The Morgan fingerprint density at radius 2 is 1.00 bits per heavy atom. The average Bonchev–Trinajstić information content (AvgIpc) is 0. The molecule has 0 aliphatic carbocycles. The molecule has 0 bridgehead atoms. The summed E-state index contributed by atoms with van der Waals surface area (Å²) in [5.41, 5.74) is 0. The van der Waals surface area contributed by atoms with Gasteiger partial charge in [0.1, 0.15) is 0 Å².